The number of amides is 1. The Morgan fingerprint density at radius 3 is 2.75 bits per heavy atom. The summed E-state index contributed by atoms with van der Waals surface area (Å²) in [6.45, 7) is 6.08. The molecule has 2 rings (SSSR count). The molecule has 0 radical (unpaired) electrons. The van der Waals surface area contributed by atoms with E-state index < -0.39 is 6.09 Å². The fourth-order valence-corrected chi connectivity index (χ4v) is 2.20. The van der Waals surface area contributed by atoms with E-state index in [1.165, 1.54) is 12.7 Å². The van der Waals surface area contributed by atoms with Gasteiger partial charge in [0.1, 0.15) is 5.69 Å². The number of anilines is 1. The molecule has 0 atom stereocenters. The maximum absolute atomic E-state index is 11.5. The van der Waals surface area contributed by atoms with E-state index in [1.807, 2.05) is 32.9 Å². The van der Waals surface area contributed by atoms with Crippen molar-refractivity contribution in [3.05, 3.63) is 35.0 Å². The number of rotatable bonds is 3. The van der Waals surface area contributed by atoms with Crippen LogP contribution < -0.4 is 5.32 Å². The van der Waals surface area contributed by atoms with Gasteiger partial charge in [-0.05, 0) is 25.8 Å². The molecule has 5 heteroatoms. The zero-order chi connectivity index (χ0) is 14.7. The third-order valence-corrected chi connectivity index (χ3v) is 3.24. The average Bonchev–Trinajstić information content (AvgIpc) is 2.81. The number of aromatic amines is 1. The van der Waals surface area contributed by atoms with Crippen LogP contribution in [0.25, 0.3) is 11.3 Å². The molecule has 106 valence electrons. The number of hydrogen-bond acceptors (Lipinski definition) is 3. The maximum atomic E-state index is 11.5. The molecule has 0 spiro atoms. The van der Waals surface area contributed by atoms with Crippen molar-refractivity contribution in [3.63, 3.8) is 0 Å². The number of nitrogens with zero attached hydrogens (tertiary/aromatic N) is 1. The second kappa shape index (κ2) is 5.77. The lowest BCUT2D eigenvalue weighted by Gasteiger charge is -2.09. The summed E-state index contributed by atoms with van der Waals surface area (Å²) >= 11 is 0. The summed E-state index contributed by atoms with van der Waals surface area (Å²) in [5.74, 6) is 0. The summed E-state index contributed by atoms with van der Waals surface area (Å²) in [4.78, 5) is 11.5. The van der Waals surface area contributed by atoms with Gasteiger partial charge < -0.3 is 4.74 Å². The number of aryl methyl sites for hydroxylation is 3. The minimum absolute atomic E-state index is 0.493. The quantitative estimate of drug-likeness (QED) is 0.900. The highest BCUT2D eigenvalue weighted by atomic mass is 16.5. The SMILES string of the molecule is CCc1[nH]nc(-c2ccc(C)cc2C)c1NC(=O)OC. The largest absolute Gasteiger partial charge is 0.453 e. The van der Waals surface area contributed by atoms with Crippen LogP contribution in [0.5, 0.6) is 0 Å². The van der Waals surface area contributed by atoms with Gasteiger partial charge in [0.25, 0.3) is 0 Å². The van der Waals surface area contributed by atoms with Crippen molar-refractivity contribution >= 4 is 11.8 Å². The molecule has 0 aliphatic heterocycles. The summed E-state index contributed by atoms with van der Waals surface area (Å²) in [6.07, 6.45) is 0.254. The van der Waals surface area contributed by atoms with Crippen LogP contribution in [-0.2, 0) is 11.2 Å². The molecule has 2 aromatic rings. The minimum atomic E-state index is -0.493. The Morgan fingerprint density at radius 2 is 2.15 bits per heavy atom. The molecular formula is C15H19N3O2. The van der Waals surface area contributed by atoms with E-state index in [9.17, 15) is 4.79 Å². The molecule has 5 nitrogen and oxygen atoms in total. The second-order valence-electron chi connectivity index (χ2n) is 4.71. The Morgan fingerprint density at radius 1 is 1.40 bits per heavy atom. The Labute approximate surface area is 118 Å². The molecule has 0 bridgehead atoms. The average molecular weight is 273 g/mol. The predicted molar refractivity (Wildman–Crippen MR) is 78.9 cm³/mol. The first kappa shape index (κ1) is 14.1. The van der Waals surface area contributed by atoms with Gasteiger partial charge >= 0.3 is 6.09 Å². The number of hydrogen-bond donors (Lipinski definition) is 2. The summed E-state index contributed by atoms with van der Waals surface area (Å²) < 4.78 is 4.67. The predicted octanol–water partition coefficient (Wildman–Crippen LogP) is 3.43. The van der Waals surface area contributed by atoms with E-state index in [0.717, 1.165) is 28.9 Å². The van der Waals surface area contributed by atoms with E-state index in [0.29, 0.717) is 5.69 Å². The lowest BCUT2D eigenvalue weighted by atomic mass is 10.0. The van der Waals surface area contributed by atoms with Crippen LogP contribution >= 0.6 is 0 Å². The standard InChI is InChI=1S/C15H19N3O2/c1-5-12-14(16-15(19)20-4)13(18-17-12)11-7-6-9(2)8-10(11)3/h6-8H,5H2,1-4H3,(H,16,19)(H,17,18). The molecule has 1 heterocycles. The number of H-pyrrole nitrogens is 1. The first-order chi connectivity index (χ1) is 9.56. The number of carbonyl (C=O) groups is 1. The Balaban J connectivity index is 2.50. The molecule has 0 aliphatic rings. The molecule has 1 aromatic carbocycles. The number of benzene rings is 1. The van der Waals surface area contributed by atoms with Crippen molar-refractivity contribution in [1.82, 2.24) is 10.2 Å². The molecule has 0 saturated heterocycles. The minimum Gasteiger partial charge on any atom is -0.453 e. The summed E-state index contributed by atoms with van der Waals surface area (Å²) in [5.41, 5.74) is 5.62. The Kier molecular flexibility index (Phi) is 4.08. The highest BCUT2D eigenvalue weighted by molar-refractivity contribution is 5.91. The highest BCUT2D eigenvalue weighted by Crippen LogP contribution is 2.31. The number of methoxy groups -OCH3 is 1. The summed E-state index contributed by atoms with van der Waals surface area (Å²) in [6, 6.07) is 6.14. The topological polar surface area (TPSA) is 67.0 Å². The van der Waals surface area contributed by atoms with E-state index in [4.69, 9.17) is 0 Å². The first-order valence-electron chi connectivity index (χ1n) is 6.56. The lowest BCUT2D eigenvalue weighted by Crippen LogP contribution is -2.12. The zero-order valence-corrected chi connectivity index (χ0v) is 12.2. The summed E-state index contributed by atoms with van der Waals surface area (Å²) in [5, 5.41) is 10.1. The van der Waals surface area contributed by atoms with Crippen molar-refractivity contribution in [2.75, 3.05) is 12.4 Å². The molecule has 0 fully saturated rings. The van der Waals surface area contributed by atoms with Gasteiger partial charge in [-0.2, -0.15) is 5.10 Å². The van der Waals surface area contributed by atoms with E-state index in [-0.39, 0.29) is 0 Å². The van der Waals surface area contributed by atoms with Crippen LogP contribution in [0.2, 0.25) is 0 Å². The van der Waals surface area contributed by atoms with Crippen LogP contribution in [0.3, 0.4) is 0 Å². The fourth-order valence-electron chi connectivity index (χ4n) is 2.20. The molecular weight excluding hydrogens is 254 g/mol. The van der Waals surface area contributed by atoms with Crippen molar-refractivity contribution < 1.29 is 9.53 Å². The van der Waals surface area contributed by atoms with Gasteiger partial charge in [0.15, 0.2) is 0 Å². The third-order valence-electron chi connectivity index (χ3n) is 3.24. The molecule has 0 aliphatic carbocycles. The van der Waals surface area contributed by atoms with Gasteiger partial charge in [-0.1, -0.05) is 30.7 Å². The molecule has 0 saturated carbocycles. The number of nitrogens with one attached hydrogen (secondary N) is 2. The van der Waals surface area contributed by atoms with Crippen molar-refractivity contribution in [2.45, 2.75) is 27.2 Å². The smallest absolute Gasteiger partial charge is 0.411 e. The van der Waals surface area contributed by atoms with E-state index in [2.05, 4.69) is 26.3 Å². The van der Waals surface area contributed by atoms with Crippen molar-refractivity contribution in [3.8, 4) is 11.3 Å². The zero-order valence-electron chi connectivity index (χ0n) is 12.2. The van der Waals surface area contributed by atoms with E-state index >= 15 is 0 Å². The Hall–Kier alpha value is -2.30. The fraction of sp³-hybridized carbons (Fsp3) is 0.333. The Bertz CT molecular complexity index is 632. The number of aromatic nitrogens is 2. The van der Waals surface area contributed by atoms with Crippen LogP contribution in [0, 0.1) is 13.8 Å². The van der Waals surface area contributed by atoms with Gasteiger partial charge in [-0.3, -0.25) is 10.4 Å². The van der Waals surface area contributed by atoms with Crippen LogP contribution in [0.15, 0.2) is 18.2 Å². The van der Waals surface area contributed by atoms with Gasteiger partial charge in [-0.25, -0.2) is 4.79 Å². The molecule has 20 heavy (non-hydrogen) atoms. The monoisotopic (exact) mass is 273 g/mol. The van der Waals surface area contributed by atoms with Gasteiger partial charge in [0.05, 0.1) is 18.5 Å². The molecule has 0 unspecified atom stereocenters. The van der Waals surface area contributed by atoms with Crippen molar-refractivity contribution in [1.29, 1.82) is 0 Å². The van der Waals surface area contributed by atoms with E-state index in [1.54, 1.807) is 0 Å². The lowest BCUT2D eigenvalue weighted by molar-refractivity contribution is 0.187. The second-order valence-corrected chi connectivity index (χ2v) is 4.71. The van der Waals surface area contributed by atoms with Crippen LogP contribution in [0.1, 0.15) is 23.7 Å². The molecule has 1 aromatic heterocycles. The number of carbonyl (C=O) groups excluding carboxylic acids is 1. The normalized spacial score (nSPS) is 10.4. The van der Waals surface area contributed by atoms with Crippen LogP contribution in [0.4, 0.5) is 10.5 Å². The van der Waals surface area contributed by atoms with Gasteiger partial charge in [0, 0.05) is 5.56 Å². The first-order valence-corrected chi connectivity index (χ1v) is 6.56. The molecule has 2 N–H and O–H groups in total. The highest BCUT2D eigenvalue weighted by Gasteiger charge is 2.17. The van der Waals surface area contributed by atoms with Crippen LogP contribution in [-0.4, -0.2) is 23.4 Å². The molecule has 1 amide bonds. The van der Waals surface area contributed by atoms with Gasteiger partial charge in [-0.15, -0.1) is 0 Å². The summed E-state index contributed by atoms with van der Waals surface area (Å²) in [7, 11) is 1.35. The van der Waals surface area contributed by atoms with Gasteiger partial charge in [0.2, 0.25) is 0 Å². The van der Waals surface area contributed by atoms with Crippen molar-refractivity contribution in [2.24, 2.45) is 0 Å². The third kappa shape index (κ3) is 2.66. The number of ether oxygens (including phenoxy) is 1. The maximum Gasteiger partial charge on any atom is 0.411 e.